The van der Waals surface area contributed by atoms with Crippen molar-refractivity contribution in [1.29, 1.82) is 0 Å². The van der Waals surface area contributed by atoms with E-state index in [1.165, 1.54) is 0 Å². The quantitative estimate of drug-likeness (QED) is 0.391. The molecule has 0 aromatic heterocycles. The van der Waals surface area contributed by atoms with Crippen LogP contribution in [0.4, 0.5) is 0 Å². The molecule has 0 radical (unpaired) electrons. The van der Waals surface area contributed by atoms with Gasteiger partial charge in [-0.05, 0) is 6.54 Å². The lowest BCUT2D eigenvalue weighted by atomic mass is 10.5. The number of ether oxygens (including phenoxy) is 4. The lowest BCUT2D eigenvalue weighted by Gasteiger charge is -2.07. The Morgan fingerprint density at radius 2 is 1.30 bits per heavy atom. The zero-order chi connectivity index (χ0) is 14.9. The lowest BCUT2D eigenvalue weighted by molar-refractivity contribution is -0.138. The summed E-state index contributed by atoms with van der Waals surface area (Å²) in [4.78, 5) is 10.2. The average molecular weight is 293 g/mol. The zero-order valence-electron chi connectivity index (χ0n) is 12.3. The summed E-state index contributed by atoms with van der Waals surface area (Å²) in [5.74, 6) is -0.855. The Balaban J connectivity index is 2.94. The molecule has 120 valence electrons. The van der Waals surface area contributed by atoms with Gasteiger partial charge in [0.05, 0.1) is 59.3 Å². The third-order valence-electron chi connectivity index (χ3n) is 2.25. The fourth-order valence-corrected chi connectivity index (χ4v) is 1.24. The molecule has 7 heteroatoms. The van der Waals surface area contributed by atoms with Crippen LogP contribution in [-0.4, -0.2) is 77.0 Å². The van der Waals surface area contributed by atoms with E-state index in [4.69, 9.17) is 24.1 Å². The van der Waals surface area contributed by atoms with Crippen molar-refractivity contribution >= 4 is 5.97 Å². The van der Waals surface area contributed by atoms with Crippen LogP contribution in [0.25, 0.3) is 0 Å². The molecule has 0 saturated heterocycles. The Labute approximate surface area is 120 Å². The van der Waals surface area contributed by atoms with E-state index < -0.39 is 5.97 Å². The van der Waals surface area contributed by atoms with Crippen molar-refractivity contribution < 1.29 is 28.8 Å². The minimum absolute atomic E-state index is 0.0247. The number of hydrogen-bond donors (Lipinski definition) is 2. The highest BCUT2D eigenvalue weighted by molar-refractivity contribution is 5.66. The lowest BCUT2D eigenvalue weighted by Crippen LogP contribution is -2.20. The van der Waals surface area contributed by atoms with Gasteiger partial charge in [0.1, 0.15) is 0 Å². The Kier molecular flexibility index (Phi) is 15.7. The van der Waals surface area contributed by atoms with Gasteiger partial charge in [-0.1, -0.05) is 6.92 Å². The van der Waals surface area contributed by atoms with E-state index in [1.54, 1.807) is 0 Å². The van der Waals surface area contributed by atoms with Gasteiger partial charge in [0.15, 0.2) is 0 Å². The molecule has 2 N–H and O–H groups in total. The molecule has 0 saturated carbocycles. The molecule has 0 rings (SSSR count). The third kappa shape index (κ3) is 17.3. The van der Waals surface area contributed by atoms with Crippen LogP contribution in [-0.2, 0) is 23.7 Å². The first kappa shape index (κ1) is 19.3. The van der Waals surface area contributed by atoms with Crippen LogP contribution in [0.5, 0.6) is 0 Å². The number of carboxylic acids is 1. The first-order valence-electron chi connectivity index (χ1n) is 7.00. The number of likely N-dealkylation sites (N-methyl/N-ethyl adjacent to an activating group) is 1. The highest BCUT2D eigenvalue weighted by atomic mass is 16.6. The van der Waals surface area contributed by atoms with Crippen LogP contribution in [0.15, 0.2) is 0 Å². The number of carbonyl (C=O) groups is 1. The second kappa shape index (κ2) is 16.3. The van der Waals surface area contributed by atoms with Crippen LogP contribution >= 0.6 is 0 Å². The molecule has 0 spiro atoms. The van der Waals surface area contributed by atoms with Gasteiger partial charge in [0, 0.05) is 6.54 Å². The SMILES string of the molecule is CCNCCOCCOCCOCCOCCC(=O)O. The maximum atomic E-state index is 10.2. The van der Waals surface area contributed by atoms with Gasteiger partial charge in [-0.15, -0.1) is 0 Å². The van der Waals surface area contributed by atoms with Gasteiger partial charge in [0.2, 0.25) is 0 Å². The smallest absolute Gasteiger partial charge is 0.305 e. The van der Waals surface area contributed by atoms with Crippen LogP contribution in [0.3, 0.4) is 0 Å². The monoisotopic (exact) mass is 293 g/mol. The maximum absolute atomic E-state index is 10.2. The van der Waals surface area contributed by atoms with E-state index in [9.17, 15) is 4.79 Å². The molecule has 0 aromatic carbocycles. The van der Waals surface area contributed by atoms with E-state index in [-0.39, 0.29) is 13.0 Å². The van der Waals surface area contributed by atoms with Crippen molar-refractivity contribution in [2.24, 2.45) is 0 Å². The van der Waals surface area contributed by atoms with E-state index in [1.807, 2.05) is 0 Å². The molecule has 0 amide bonds. The minimum Gasteiger partial charge on any atom is -0.481 e. The van der Waals surface area contributed by atoms with Crippen LogP contribution < -0.4 is 5.32 Å². The maximum Gasteiger partial charge on any atom is 0.305 e. The molecule has 0 aliphatic heterocycles. The van der Waals surface area contributed by atoms with Crippen molar-refractivity contribution in [3.05, 3.63) is 0 Å². The summed E-state index contributed by atoms with van der Waals surface area (Å²) in [5.41, 5.74) is 0. The molecule has 0 fully saturated rings. The topological polar surface area (TPSA) is 86.3 Å². The molecule has 0 unspecified atom stereocenters. The average Bonchev–Trinajstić information content (AvgIpc) is 2.43. The number of hydrogen-bond acceptors (Lipinski definition) is 6. The summed E-state index contributed by atoms with van der Waals surface area (Å²) in [5, 5.41) is 11.5. The van der Waals surface area contributed by atoms with Gasteiger partial charge < -0.3 is 29.4 Å². The summed E-state index contributed by atoms with van der Waals surface area (Å²) in [6, 6.07) is 0. The van der Waals surface area contributed by atoms with Gasteiger partial charge in [-0.2, -0.15) is 0 Å². The van der Waals surface area contributed by atoms with Crippen molar-refractivity contribution in [2.75, 3.05) is 65.9 Å². The molecule has 0 heterocycles. The fourth-order valence-electron chi connectivity index (χ4n) is 1.24. The fraction of sp³-hybridized carbons (Fsp3) is 0.923. The Hall–Kier alpha value is -0.730. The normalized spacial score (nSPS) is 10.8. The molecule has 0 aromatic rings. The van der Waals surface area contributed by atoms with Crippen LogP contribution in [0.2, 0.25) is 0 Å². The first-order valence-corrected chi connectivity index (χ1v) is 7.00. The summed E-state index contributed by atoms with van der Waals surface area (Å²) in [6.07, 6.45) is 0.0247. The highest BCUT2D eigenvalue weighted by Gasteiger charge is 1.96. The Morgan fingerprint density at radius 1 is 0.850 bits per heavy atom. The second-order valence-corrected chi connectivity index (χ2v) is 3.95. The largest absolute Gasteiger partial charge is 0.481 e. The number of carboxylic acid groups (broad SMARTS) is 1. The van der Waals surface area contributed by atoms with E-state index in [0.717, 1.165) is 13.1 Å². The molecule has 0 aliphatic carbocycles. The predicted molar refractivity (Wildman–Crippen MR) is 74.1 cm³/mol. The number of rotatable bonds is 16. The first-order chi connectivity index (χ1) is 9.77. The van der Waals surface area contributed by atoms with Crippen molar-refractivity contribution in [2.45, 2.75) is 13.3 Å². The summed E-state index contributed by atoms with van der Waals surface area (Å²) in [7, 11) is 0. The molecule has 20 heavy (non-hydrogen) atoms. The zero-order valence-corrected chi connectivity index (χ0v) is 12.3. The predicted octanol–water partition coefficient (Wildman–Crippen LogP) is 0.137. The molecular formula is C13H27NO6. The number of aliphatic carboxylic acids is 1. The van der Waals surface area contributed by atoms with Gasteiger partial charge >= 0.3 is 5.97 Å². The Morgan fingerprint density at radius 3 is 1.75 bits per heavy atom. The summed E-state index contributed by atoms with van der Waals surface area (Å²) >= 11 is 0. The van der Waals surface area contributed by atoms with E-state index in [2.05, 4.69) is 12.2 Å². The van der Waals surface area contributed by atoms with E-state index >= 15 is 0 Å². The molecule has 0 aliphatic rings. The molecule has 0 bridgehead atoms. The molecule has 0 atom stereocenters. The van der Waals surface area contributed by atoms with Crippen LogP contribution in [0, 0.1) is 0 Å². The molecule has 7 nitrogen and oxygen atoms in total. The summed E-state index contributed by atoms with van der Waals surface area (Å²) in [6.45, 7) is 7.81. The van der Waals surface area contributed by atoms with Gasteiger partial charge in [-0.25, -0.2) is 0 Å². The minimum atomic E-state index is -0.855. The van der Waals surface area contributed by atoms with Gasteiger partial charge in [-0.3, -0.25) is 4.79 Å². The standard InChI is InChI=1S/C13H27NO6/c1-2-14-4-6-18-8-10-20-12-11-19-9-7-17-5-3-13(15)16/h14H,2-12H2,1H3,(H,15,16). The Bertz CT molecular complexity index is 215. The van der Waals surface area contributed by atoms with Gasteiger partial charge in [0.25, 0.3) is 0 Å². The second-order valence-electron chi connectivity index (χ2n) is 3.95. The van der Waals surface area contributed by atoms with Crippen molar-refractivity contribution in [3.8, 4) is 0 Å². The highest BCUT2D eigenvalue weighted by Crippen LogP contribution is 1.85. The molecular weight excluding hydrogens is 266 g/mol. The number of nitrogens with one attached hydrogen (secondary N) is 1. The van der Waals surface area contributed by atoms with Crippen LogP contribution in [0.1, 0.15) is 13.3 Å². The third-order valence-corrected chi connectivity index (χ3v) is 2.25. The van der Waals surface area contributed by atoms with Crippen molar-refractivity contribution in [3.63, 3.8) is 0 Å². The summed E-state index contributed by atoms with van der Waals surface area (Å²) < 4.78 is 21.0. The van der Waals surface area contributed by atoms with Crippen molar-refractivity contribution in [1.82, 2.24) is 5.32 Å². The van der Waals surface area contributed by atoms with E-state index in [0.29, 0.717) is 46.2 Å².